The smallest absolute Gasteiger partial charge is 0.132 e. The van der Waals surface area contributed by atoms with Crippen LogP contribution in [0.25, 0.3) is 0 Å². The van der Waals surface area contributed by atoms with E-state index in [1.54, 1.807) is 24.6 Å². The highest BCUT2D eigenvalue weighted by molar-refractivity contribution is 5.02. The van der Waals surface area contributed by atoms with E-state index >= 15 is 0 Å². The van der Waals surface area contributed by atoms with E-state index in [1.165, 1.54) is 0 Å². The summed E-state index contributed by atoms with van der Waals surface area (Å²) in [7, 11) is 1.96. The molecule has 2 atom stereocenters. The van der Waals surface area contributed by atoms with Gasteiger partial charge in [-0.3, -0.25) is 0 Å². The molecule has 2 heterocycles. The van der Waals surface area contributed by atoms with E-state index in [4.69, 9.17) is 4.42 Å². The molecule has 18 heavy (non-hydrogen) atoms. The number of furan rings is 1. The molecule has 0 aliphatic carbocycles. The van der Waals surface area contributed by atoms with E-state index in [9.17, 15) is 5.11 Å². The largest absolute Gasteiger partial charge is 0.467 e. The minimum absolute atomic E-state index is 0.182. The van der Waals surface area contributed by atoms with Crippen molar-refractivity contribution < 1.29 is 9.52 Å². The molecule has 2 unspecified atom stereocenters. The van der Waals surface area contributed by atoms with Crippen molar-refractivity contribution in [1.29, 1.82) is 0 Å². The number of nitrogens with zero attached hydrogens (tertiary/aromatic N) is 2. The van der Waals surface area contributed by atoms with Crippen LogP contribution in [-0.4, -0.2) is 20.7 Å². The molecule has 0 aliphatic heterocycles. The molecule has 98 valence electrons. The molecule has 0 aromatic carbocycles. The summed E-state index contributed by atoms with van der Waals surface area (Å²) in [4.78, 5) is 4.24. The predicted octanol–water partition coefficient (Wildman–Crippen LogP) is 1.61. The molecule has 2 aromatic rings. The summed E-state index contributed by atoms with van der Waals surface area (Å²) in [6.07, 6.45) is 5.31. The first kappa shape index (κ1) is 12.9. The van der Waals surface area contributed by atoms with Gasteiger partial charge in [0.1, 0.15) is 17.7 Å². The third-order valence-corrected chi connectivity index (χ3v) is 2.98. The van der Waals surface area contributed by atoms with E-state index in [1.807, 2.05) is 24.7 Å². The van der Waals surface area contributed by atoms with Gasteiger partial charge in [-0.05, 0) is 25.5 Å². The van der Waals surface area contributed by atoms with Crippen molar-refractivity contribution in [1.82, 2.24) is 14.9 Å². The lowest BCUT2D eigenvalue weighted by molar-refractivity contribution is 0.128. The maximum atomic E-state index is 9.94. The highest BCUT2D eigenvalue weighted by Gasteiger charge is 2.14. The molecule has 0 aliphatic rings. The summed E-state index contributed by atoms with van der Waals surface area (Å²) < 4.78 is 7.15. The Hall–Kier alpha value is -1.59. The fourth-order valence-corrected chi connectivity index (χ4v) is 1.85. The van der Waals surface area contributed by atoms with E-state index in [-0.39, 0.29) is 6.04 Å². The fourth-order valence-electron chi connectivity index (χ4n) is 1.85. The Kier molecular flexibility index (Phi) is 4.17. The summed E-state index contributed by atoms with van der Waals surface area (Å²) in [5.41, 5.74) is 0. The number of hydrogen-bond acceptors (Lipinski definition) is 4. The van der Waals surface area contributed by atoms with Gasteiger partial charge in [-0.2, -0.15) is 0 Å². The average Bonchev–Trinajstić information content (AvgIpc) is 2.97. The van der Waals surface area contributed by atoms with E-state index in [2.05, 4.69) is 10.3 Å². The molecular formula is C13H19N3O2. The van der Waals surface area contributed by atoms with Crippen LogP contribution in [0.1, 0.15) is 31.0 Å². The highest BCUT2D eigenvalue weighted by Crippen LogP contribution is 2.18. The minimum Gasteiger partial charge on any atom is -0.467 e. The maximum Gasteiger partial charge on any atom is 0.132 e. The molecular weight excluding hydrogens is 230 g/mol. The van der Waals surface area contributed by atoms with Gasteiger partial charge in [0.05, 0.1) is 12.8 Å². The average molecular weight is 249 g/mol. The lowest BCUT2D eigenvalue weighted by atomic mass is 10.1. The lowest BCUT2D eigenvalue weighted by Crippen LogP contribution is -2.28. The zero-order valence-corrected chi connectivity index (χ0v) is 10.7. The van der Waals surface area contributed by atoms with Gasteiger partial charge >= 0.3 is 0 Å². The van der Waals surface area contributed by atoms with Crippen molar-refractivity contribution in [3.8, 4) is 0 Å². The maximum absolute atomic E-state index is 9.94. The second kappa shape index (κ2) is 5.84. The first-order valence-electron chi connectivity index (χ1n) is 6.08. The van der Waals surface area contributed by atoms with Gasteiger partial charge in [-0.25, -0.2) is 4.98 Å². The summed E-state index contributed by atoms with van der Waals surface area (Å²) in [5, 5.41) is 13.3. The van der Waals surface area contributed by atoms with Crippen LogP contribution in [0.2, 0.25) is 0 Å². The Bertz CT molecular complexity index is 464. The molecule has 0 amide bonds. The summed E-state index contributed by atoms with van der Waals surface area (Å²) in [6.45, 7) is 2.73. The molecule has 2 N–H and O–H groups in total. The van der Waals surface area contributed by atoms with E-state index in [0.29, 0.717) is 18.7 Å². The number of aryl methyl sites for hydroxylation is 1. The molecule has 0 fully saturated rings. The van der Waals surface area contributed by atoms with Crippen LogP contribution in [0.3, 0.4) is 0 Å². The number of aromatic nitrogens is 2. The van der Waals surface area contributed by atoms with Gasteiger partial charge in [0.25, 0.3) is 0 Å². The molecule has 2 rings (SSSR count). The first-order valence-corrected chi connectivity index (χ1v) is 6.08. The molecule has 0 spiro atoms. The molecule has 0 saturated carbocycles. The van der Waals surface area contributed by atoms with Gasteiger partial charge in [-0.15, -0.1) is 0 Å². The second-order valence-corrected chi connectivity index (χ2v) is 4.50. The SMILES string of the molecule is CC(CC(O)c1ccco1)NCc1nccn1C. The lowest BCUT2D eigenvalue weighted by Gasteiger charge is -2.16. The Morgan fingerprint density at radius 2 is 2.39 bits per heavy atom. The van der Waals surface area contributed by atoms with Gasteiger partial charge in [0.15, 0.2) is 0 Å². The van der Waals surface area contributed by atoms with Crippen molar-refractivity contribution in [3.05, 3.63) is 42.4 Å². The van der Waals surface area contributed by atoms with Crippen LogP contribution in [0.5, 0.6) is 0 Å². The zero-order chi connectivity index (χ0) is 13.0. The van der Waals surface area contributed by atoms with E-state index < -0.39 is 6.10 Å². The van der Waals surface area contributed by atoms with Crippen LogP contribution in [0.4, 0.5) is 0 Å². The Morgan fingerprint density at radius 1 is 1.56 bits per heavy atom. The van der Waals surface area contributed by atoms with Gasteiger partial charge in [0.2, 0.25) is 0 Å². The minimum atomic E-state index is -0.566. The number of aliphatic hydroxyl groups is 1. The van der Waals surface area contributed by atoms with Crippen LogP contribution < -0.4 is 5.32 Å². The highest BCUT2D eigenvalue weighted by atomic mass is 16.4. The van der Waals surface area contributed by atoms with Crippen molar-refractivity contribution in [2.75, 3.05) is 0 Å². The first-order chi connectivity index (χ1) is 8.66. The molecule has 5 nitrogen and oxygen atoms in total. The number of hydrogen-bond donors (Lipinski definition) is 2. The summed E-state index contributed by atoms with van der Waals surface area (Å²) >= 11 is 0. The summed E-state index contributed by atoms with van der Waals surface area (Å²) in [6, 6.07) is 3.75. The zero-order valence-electron chi connectivity index (χ0n) is 10.7. The molecule has 2 aromatic heterocycles. The van der Waals surface area contributed by atoms with Crippen molar-refractivity contribution >= 4 is 0 Å². The number of rotatable bonds is 6. The van der Waals surface area contributed by atoms with Crippen LogP contribution in [0.15, 0.2) is 35.2 Å². The standard InChI is InChI=1S/C13H19N3O2/c1-10(8-11(17)12-4-3-7-18-12)15-9-13-14-5-6-16(13)2/h3-7,10-11,15,17H,8-9H2,1-2H3. The normalized spacial score (nSPS) is 14.6. The van der Waals surface area contributed by atoms with Crippen molar-refractivity contribution in [2.24, 2.45) is 7.05 Å². The third-order valence-electron chi connectivity index (χ3n) is 2.98. The molecule has 5 heteroatoms. The third kappa shape index (κ3) is 3.21. The quantitative estimate of drug-likeness (QED) is 0.816. The van der Waals surface area contributed by atoms with Crippen molar-refractivity contribution in [2.45, 2.75) is 32.0 Å². The molecule has 0 radical (unpaired) electrons. The van der Waals surface area contributed by atoms with Crippen molar-refractivity contribution in [3.63, 3.8) is 0 Å². The van der Waals surface area contributed by atoms with Crippen LogP contribution >= 0.6 is 0 Å². The molecule has 0 saturated heterocycles. The monoisotopic (exact) mass is 249 g/mol. The Balaban J connectivity index is 1.79. The number of aliphatic hydroxyl groups excluding tert-OH is 1. The van der Waals surface area contributed by atoms with Crippen LogP contribution in [0, 0.1) is 0 Å². The summed E-state index contributed by atoms with van der Waals surface area (Å²) in [5.74, 6) is 1.59. The number of nitrogens with one attached hydrogen (secondary N) is 1. The number of imidazole rings is 1. The predicted molar refractivity (Wildman–Crippen MR) is 67.8 cm³/mol. The topological polar surface area (TPSA) is 63.2 Å². The second-order valence-electron chi connectivity index (χ2n) is 4.50. The van der Waals surface area contributed by atoms with Gasteiger partial charge < -0.3 is 19.4 Å². The van der Waals surface area contributed by atoms with Gasteiger partial charge in [0, 0.05) is 25.5 Å². The van der Waals surface area contributed by atoms with E-state index in [0.717, 1.165) is 5.82 Å². The fraction of sp³-hybridized carbons (Fsp3) is 0.462. The van der Waals surface area contributed by atoms with Crippen LogP contribution in [-0.2, 0) is 13.6 Å². The Labute approximate surface area is 106 Å². The van der Waals surface area contributed by atoms with Gasteiger partial charge in [-0.1, -0.05) is 0 Å². The Morgan fingerprint density at radius 3 is 3.00 bits per heavy atom. The molecule has 0 bridgehead atoms.